The van der Waals surface area contributed by atoms with Crippen molar-refractivity contribution < 1.29 is 28.8 Å². The molecule has 0 aliphatic rings. The molecular weight excluding hydrogens is 248 g/mol. The van der Waals surface area contributed by atoms with Crippen LogP contribution in [0.1, 0.15) is 33.1 Å². The summed E-state index contributed by atoms with van der Waals surface area (Å²) in [6, 6.07) is 0. The Labute approximate surface area is 103 Å². The fourth-order valence-corrected chi connectivity index (χ4v) is 2.35. The molecule has 0 fully saturated rings. The van der Waals surface area contributed by atoms with Gasteiger partial charge in [0.25, 0.3) is 0 Å². The van der Waals surface area contributed by atoms with E-state index in [0.29, 0.717) is 6.42 Å². The fraction of sp³-hybridized carbons (Fsp3) is 1.00. The molecule has 1 unspecified atom stereocenters. The molecule has 0 aliphatic heterocycles. The Morgan fingerprint density at radius 1 is 1.00 bits per heavy atom. The minimum absolute atomic E-state index is 0.222. The van der Waals surface area contributed by atoms with Crippen molar-refractivity contribution in [2.45, 2.75) is 62.8 Å². The second-order valence-electron chi connectivity index (χ2n) is 4.21. The van der Waals surface area contributed by atoms with E-state index < -0.39 is 40.4 Å². The van der Waals surface area contributed by atoms with Gasteiger partial charge in [0, 0.05) is 0 Å². The molecular formula is C10H22O6S. The zero-order chi connectivity index (χ0) is 13.6. The highest BCUT2D eigenvalue weighted by atomic mass is 32.2. The Hall–Kier alpha value is -0.210. The minimum Gasteiger partial charge on any atom is -0.391 e. The zero-order valence-corrected chi connectivity index (χ0v) is 11.0. The van der Waals surface area contributed by atoms with Crippen LogP contribution in [0.15, 0.2) is 0 Å². The quantitative estimate of drug-likeness (QED) is 0.347. The lowest BCUT2D eigenvalue weighted by atomic mass is 9.99. The van der Waals surface area contributed by atoms with Gasteiger partial charge in [0.2, 0.25) is 0 Å². The summed E-state index contributed by atoms with van der Waals surface area (Å²) in [7, 11) is -2.89. The van der Waals surface area contributed by atoms with Gasteiger partial charge in [0.05, 0.1) is 17.5 Å². The average Bonchev–Trinajstić information content (AvgIpc) is 2.26. The molecule has 0 saturated heterocycles. The van der Waals surface area contributed by atoms with E-state index in [1.54, 1.807) is 0 Å². The maximum absolute atomic E-state index is 11.0. The van der Waals surface area contributed by atoms with Crippen molar-refractivity contribution in [1.29, 1.82) is 0 Å². The summed E-state index contributed by atoms with van der Waals surface area (Å²) < 4.78 is 21.9. The summed E-state index contributed by atoms with van der Waals surface area (Å²) in [5, 5.41) is 36.6. The van der Waals surface area contributed by atoms with Gasteiger partial charge in [-0.3, -0.25) is 0 Å². The maximum Gasteiger partial charge on any atom is 0.145 e. The first kappa shape index (κ1) is 16.8. The van der Waals surface area contributed by atoms with Crippen LogP contribution < -0.4 is 0 Å². The largest absolute Gasteiger partial charge is 0.391 e. The highest BCUT2D eigenvalue weighted by molar-refractivity contribution is 7.73. The van der Waals surface area contributed by atoms with Gasteiger partial charge in [-0.25, -0.2) is 8.42 Å². The summed E-state index contributed by atoms with van der Waals surface area (Å²) in [4.78, 5) is 0. The molecule has 6 nitrogen and oxygen atoms in total. The van der Waals surface area contributed by atoms with Gasteiger partial charge in [-0.2, -0.15) is 0 Å². The van der Waals surface area contributed by atoms with E-state index in [4.69, 9.17) is 5.11 Å². The van der Waals surface area contributed by atoms with Crippen LogP contribution in [0.5, 0.6) is 0 Å². The molecule has 0 aromatic heterocycles. The zero-order valence-electron chi connectivity index (χ0n) is 10.1. The monoisotopic (exact) mass is 270 g/mol. The number of hydrogen-bond donors (Lipinski definition) is 5. The Morgan fingerprint density at radius 3 is 1.88 bits per heavy atom. The molecule has 0 rings (SSSR count). The van der Waals surface area contributed by atoms with Crippen LogP contribution in [-0.4, -0.2) is 58.5 Å². The highest BCUT2D eigenvalue weighted by Gasteiger charge is 2.34. The third-order valence-electron chi connectivity index (χ3n) is 2.71. The predicted octanol–water partition coefficient (Wildman–Crippen LogP) is -1.38. The number of unbranched alkanes of at least 4 members (excludes halogenated alkanes) is 1. The molecule has 0 radical (unpaired) electrons. The van der Waals surface area contributed by atoms with Crippen molar-refractivity contribution in [3.63, 3.8) is 0 Å². The fourth-order valence-electron chi connectivity index (χ4n) is 1.53. The summed E-state index contributed by atoms with van der Waals surface area (Å²) in [5.41, 5.74) is 0. The lowest BCUT2D eigenvalue weighted by Gasteiger charge is -2.27. The topological polar surface area (TPSA) is 115 Å². The molecule has 5 atom stereocenters. The van der Waals surface area contributed by atoms with Crippen LogP contribution in [0.2, 0.25) is 0 Å². The van der Waals surface area contributed by atoms with Gasteiger partial charge >= 0.3 is 0 Å². The molecule has 4 N–H and O–H groups in total. The molecule has 104 valence electrons. The van der Waals surface area contributed by atoms with Crippen molar-refractivity contribution in [2.75, 3.05) is 0 Å². The number of aliphatic hydroxyl groups excluding tert-OH is 4. The molecule has 17 heavy (non-hydrogen) atoms. The molecule has 0 amide bonds. The van der Waals surface area contributed by atoms with E-state index in [1.165, 1.54) is 6.92 Å². The first-order valence-electron chi connectivity index (χ1n) is 5.68. The van der Waals surface area contributed by atoms with Crippen molar-refractivity contribution in [3.05, 3.63) is 0 Å². The van der Waals surface area contributed by atoms with Crippen LogP contribution in [0.3, 0.4) is 0 Å². The Balaban J connectivity index is 4.65. The van der Waals surface area contributed by atoms with E-state index in [2.05, 4.69) is 0 Å². The van der Waals surface area contributed by atoms with Crippen molar-refractivity contribution in [1.82, 2.24) is 0 Å². The molecule has 0 spiro atoms. The van der Waals surface area contributed by atoms with Gasteiger partial charge in [-0.05, 0) is 13.3 Å². The van der Waals surface area contributed by atoms with Crippen LogP contribution in [0.25, 0.3) is 0 Å². The molecule has 0 aliphatic carbocycles. The number of aliphatic hydroxyl groups is 4. The minimum atomic E-state index is -2.89. The second kappa shape index (κ2) is 7.99. The van der Waals surface area contributed by atoms with Crippen LogP contribution >= 0.6 is 0 Å². The number of thiol groups is 1. The van der Waals surface area contributed by atoms with Crippen molar-refractivity contribution in [2.24, 2.45) is 0 Å². The van der Waals surface area contributed by atoms with Gasteiger partial charge < -0.3 is 20.4 Å². The highest BCUT2D eigenvalue weighted by Crippen LogP contribution is 2.15. The first-order valence-corrected chi connectivity index (χ1v) is 6.93. The van der Waals surface area contributed by atoms with E-state index in [-0.39, 0.29) is 6.42 Å². The Morgan fingerprint density at radius 2 is 1.53 bits per heavy atom. The smallest absolute Gasteiger partial charge is 0.145 e. The normalized spacial score (nSPS) is 20.9. The third-order valence-corrected chi connectivity index (χ3v) is 3.82. The van der Waals surface area contributed by atoms with Crippen LogP contribution in [0.4, 0.5) is 0 Å². The van der Waals surface area contributed by atoms with E-state index in [9.17, 15) is 23.7 Å². The molecule has 7 heteroatoms. The maximum atomic E-state index is 11.0. The lowest BCUT2D eigenvalue weighted by Crippen LogP contribution is -2.48. The van der Waals surface area contributed by atoms with Gasteiger partial charge in [-0.15, -0.1) is 0 Å². The Kier molecular flexibility index (Phi) is 7.89. The summed E-state index contributed by atoms with van der Waals surface area (Å²) in [5.74, 6) is 0. The first-order chi connectivity index (χ1) is 7.82. The average molecular weight is 270 g/mol. The van der Waals surface area contributed by atoms with E-state index in [1.807, 2.05) is 6.92 Å². The molecule has 0 heterocycles. The summed E-state index contributed by atoms with van der Waals surface area (Å²) in [6.07, 6.45) is -4.48. The Bertz CT molecular complexity index is 270. The van der Waals surface area contributed by atoms with Crippen molar-refractivity contribution in [3.8, 4) is 0 Å². The SMILES string of the molecule is CCCCC([C@H](O)[C@H](O)[C@@H](O)[C@H](C)O)[SH](=O)=O. The lowest BCUT2D eigenvalue weighted by molar-refractivity contribution is -0.100. The van der Waals surface area contributed by atoms with Gasteiger partial charge in [0.1, 0.15) is 22.9 Å². The van der Waals surface area contributed by atoms with Crippen LogP contribution in [0, 0.1) is 0 Å². The second-order valence-corrected chi connectivity index (χ2v) is 5.44. The number of rotatable bonds is 8. The van der Waals surface area contributed by atoms with E-state index >= 15 is 0 Å². The summed E-state index contributed by atoms with van der Waals surface area (Å²) in [6.45, 7) is 3.13. The molecule has 0 bridgehead atoms. The predicted molar refractivity (Wildman–Crippen MR) is 63.3 cm³/mol. The third kappa shape index (κ3) is 5.31. The van der Waals surface area contributed by atoms with Crippen LogP contribution in [-0.2, 0) is 10.7 Å². The summed E-state index contributed by atoms with van der Waals surface area (Å²) >= 11 is 0. The standard InChI is InChI=1S/C10H22O6S/c1-3-4-5-7(17(15)16)9(13)10(14)8(12)6(2)11/h6-14,17H,3-5H2,1-2H3/t6-,7?,8-,9-,10+/m0/s1. The molecule has 0 aromatic carbocycles. The molecule has 0 saturated carbocycles. The van der Waals surface area contributed by atoms with Gasteiger partial charge in [0.15, 0.2) is 0 Å². The van der Waals surface area contributed by atoms with Gasteiger partial charge in [-0.1, -0.05) is 19.8 Å². The van der Waals surface area contributed by atoms with Crippen molar-refractivity contribution >= 4 is 10.7 Å². The molecule has 0 aromatic rings. The van der Waals surface area contributed by atoms with E-state index in [0.717, 1.165) is 6.42 Å². The number of hydrogen-bond acceptors (Lipinski definition) is 6.